The van der Waals surface area contributed by atoms with Gasteiger partial charge < -0.3 is 10.2 Å². The number of hydrazine groups is 2. The molecule has 0 heterocycles. The molecule has 2 atom stereocenters. The largest absolute Gasteiger partial charge is 0.507 e. The van der Waals surface area contributed by atoms with Gasteiger partial charge in [0.05, 0.1) is 11.1 Å². The van der Waals surface area contributed by atoms with Crippen molar-refractivity contribution < 1.29 is 29.4 Å². The molecule has 0 aliphatic rings. The van der Waals surface area contributed by atoms with Gasteiger partial charge in [0.2, 0.25) is 11.8 Å². The van der Waals surface area contributed by atoms with Crippen molar-refractivity contribution in [2.75, 3.05) is 0 Å². The smallest absolute Gasteiger partial charge is 0.273 e. The zero-order chi connectivity index (χ0) is 35.3. The number of hydrogen-bond donors (Lipinski definition) is 6. The quantitative estimate of drug-likeness (QED) is 0.0612. The van der Waals surface area contributed by atoms with E-state index in [0.717, 1.165) is 75.3 Å². The zero-order valence-electron chi connectivity index (χ0n) is 29.5. The first kappa shape index (κ1) is 40.1. The van der Waals surface area contributed by atoms with Gasteiger partial charge in [0.15, 0.2) is 0 Å². The summed E-state index contributed by atoms with van der Waals surface area (Å²) in [5, 5.41) is 20.8. The van der Waals surface area contributed by atoms with Crippen LogP contribution in [0.2, 0.25) is 0 Å². The number of unbranched alkanes of at least 4 members (excludes halogenated alkanes) is 7. The molecule has 2 aromatic rings. The number of carbonyl (C=O) groups excluding carboxylic acids is 4. The topological polar surface area (TPSA) is 157 Å². The number of nitrogens with one attached hydrogen (secondary N) is 4. The van der Waals surface area contributed by atoms with Crippen LogP contribution in [-0.2, 0) is 22.4 Å². The van der Waals surface area contributed by atoms with E-state index in [0.29, 0.717) is 25.7 Å². The molecule has 2 unspecified atom stereocenters. The molecule has 266 valence electrons. The van der Waals surface area contributed by atoms with Crippen LogP contribution in [0.25, 0.3) is 0 Å². The van der Waals surface area contributed by atoms with Crippen LogP contribution in [0.15, 0.2) is 36.4 Å². The average Bonchev–Trinajstić information content (AvgIpc) is 3.07. The highest BCUT2D eigenvalue weighted by atomic mass is 16.3. The molecule has 10 nitrogen and oxygen atoms in total. The number of amides is 4. The Bertz CT molecular complexity index is 1310. The van der Waals surface area contributed by atoms with Crippen LogP contribution in [0.1, 0.15) is 149 Å². The Morgan fingerprint density at radius 1 is 0.562 bits per heavy atom. The number of phenols is 2. The first-order valence-electron chi connectivity index (χ1n) is 17.9. The molecule has 0 fully saturated rings. The highest BCUT2D eigenvalue weighted by Crippen LogP contribution is 2.23. The van der Waals surface area contributed by atoms with Gasteiger partial charge in [-0.05, 0) is 80.3 Å². The summed E-state index contributed by atoms with van der Waals surface area (Å²) >= 11 is 0. The number of hydrogen-bond acceptors (Lipinski definition) is 6. The third-order valence-corrected chi connectivity index (χ3v) is 8.76. The van der Waals surface area contributed by atoms with E-state index in [2.05, 4.69) is 35.6 Å². The Morgan fingerprint density at radius 3 is 1.48 bits per heavy atom. The first-order valence-corrected chi connectivity index (χ1v) is 17.9. The second kappa shape index (κ2) is 22.5. The molecule has 0 saturated heterocycles. The van der Waals surface area contributed by atoms with Gasteiger partial charge in [-0.2, -0.15) is 0 Å². The fourth-order valence-corrected chi connectivity index (χ4v) is 5.62. The SMILES string of the molecule is CCCCCCc1ccc(C(=O)NNC(=O)C(C)CCCC(CCCC)C(=O)NNC(=O)c2ccc(CCCCCC)cc2O)c(O)c1. The van der Waals surface area contributed by atoms with Crippen molar-refractivity contribution in [1.29, 1.82) is 0 Å². The molecule has 0 aliphatic carbocycles. The van der Waals surface area contributed by atoms with Crippen molar-refractivity contribution in [1.82, 2.24) is 21.7 Å². The Hall–Kier alpha value is -4.08. The van der Waals surface area contributed by atoms with Gasteiger partial charge in [-0.3, -0.25) is 40.9 Å². The van der Waals surface area contributed by atoms with E-state index in [1.807, 2.05) is 19.1 Å². The van der Waals surface area contributed by atoms with Crippen LogP contribution in [0.4, 0.5) is 0 Å². The van der Waals surface area contributed by atoms with Gasteiger partial charge in [-0.25, -0.2) is 0 Å². The summed E-state index contributed by atoms with van der Waals surface area (Å²) < 4.78 is 0. The summed E-state index contributed by atoms with van der Waals surface area (Å²) in [6.07, 6.45) is 14.5. The predicted octanol–water partition coefficient (Wildman–Crippen LogP) is 7.18. The minimum absolute atomic E-state index is 0.0853. The first-order chi connectivity index (χ1) is 23.1. The Kier molecular flexibility index (Phi) is 18.8. The van der Waals surface area contributed by atoms with E-state index in [4.69, 9.17) is 0 Å². The molecule has 6 N–H and O–H groups in total. The lowest BCUT2D eigenvalue weighted by Gasteiger charge is -2.18. The summed E-state index contributed by atoms with van der Waals surface area (Å²) in [4.78, 5) is 51.0. The number of carbonyl (C=O) groups is 4. The summed E-state index contributed by atoms with van der Waals surface area (Å²) in [5.41, 5.74) is 11.9. The van der Waals surface area contributed by atoms with E-state index in [9.17, 15) is 29.4 Å². The van der Waals surface area contributed by atoms with Crippen molar-refractivity contribution >= 4 is 23.6 Å². The van der Waals surface area contributed by atoms with Crippen LogP contribution in [0.5, 0.6) is 11.5 Å². The highest BCUT2D eigenvalue weighted by Gasteiger charge is 2.22. The lowest BCUT2D eigenvalue weighted by molar-refractivity contribution is -0.126. The maximum absolute atomic E-state index is 13.0. The molecule has 0 aromatic heterocycles. The lowest BCUT2D eigenvalue weighted by Crippen LogP contribution is -2.45. The summed E-state index contributed by atoms with van der Waals surface area (Å²) in [5.74, 6) is -2.93. The normalized spacial score (nSPS) is 12.2. The van der Waals surface area contributed by atoms with Gasteiger partial charge in [-0.1, -0.05) is 97.6 Å². The van der Waals surface area contributed by atoms with Gasteiger partial charge in [-0.15, -0.1) is 0 Å². The standard InChI is InChI=1S/C38H58N4O6/c1-5-8-11-13-17-28-21-23-31(33(43)25-28)37(47)41-39-35(45)27(4)16-15-20-30(19-10-7-3)36(46)40-42-38(48)32-24-22-29(26-34(32)44)18-14-12-9-6-2/h21-27,30,43-44H,5-20H2,1-4H3,(H,39,45)(H,40,46)(H,41,47)(H,42,48). The molecule has 10 heteroatoms. The third-order valence-electron chi connectivity index (χ3n) is 8.76. The number of aromatic hydroxyl groups is 2. The van der Waals surface area contributed by atoms with E-state index in [-0.39, 0.29) is 40.4 Å². The van der Waals surface area contributed by atoms with Crippen LogP contribution >= 0.6 is 0 Å². The molecule has 0 bridgehead atoms. The van der Waals surface area contributed by atoms with E-state index in [1.54, 1.807) is 31.2 Å². The van der Waals surface area contributed by atoms with Crippen molar-refractivity contribution in [3.05, 3.63) is 58.7 Å². The van der Waals surface area contributed by atoms with Gasteiger partial charge in [0.25, 0.3) is 11.8 Å². The van der Waals surface area contributed by atoms with Crippen molar-refractivity contribution in [2.45, 2.75) is 130 Å². The molecular formula is C38H58N4O6. The molecule has 0 radical (unpaired) electrons. The molecule has 4 amide bonds. The molecule has 0 spiro atoms. The number of phenolic OH excluding ortho intramolecular Hbond substituents is 2. The molecular weight excluding hydrogens is 608 g/mol. The second-order valence-corrected chi connectivity index (χ2v) is 12.9. The van der Waals surface area contributed by atoms with Gasteiger partial charge in [0.1, 0.15) is 11.5 Å². The number of benzene rings is 2. The molecule has 48 heavy (non-hydrogen) atoms. The van der Waals surface area contributed by atoms with Crippen LogP contribution < -0.4 is 21.7 Å². The second-order valence-electron chi connectivity index (χ2n) is 12.9. The maximum atomic E-state index is 13.0. The van der Waals surface area contributed by atoms with E-state index < -0.39 is 17.7 Å². The van der Waals surface area contributed by atoms with E-state index in [1.165, 1.54) is 12.8 Å². The summed E-state index contributed by atoms with van der Waals surface area (Å²) in [6.45, 7) is 8.09. The van der Waals surface area contributed by atoms with Gasteiger partial charge in [0, 0.05) is 11.8 Å². The molecule has 0 saturated carbocycles. The Labute approximate surface area is 286 Å². The van der Waals surface area contributed by atoms with Crippen LogP contribution in [0, 0.1) is 11.8 Å². The third kappa shape index (κ3) is 14.4. The summed E-state index contributed by atoms with van der Waals surface area (Å²) in [7, 11) is 0. The van der Waals surface area contributed by atoms with Crippen LogP contribution in [-0.4, -0.2) is 33.8 Å². The highest BCUT2D eigenvalue weighted by molar-refractivity contribution is 5.98. The summed E-state index contributed by atoms with van der Waals surface area (Å²) in [6, 6.07) is 9.98. The molecule has 0 aliphatic heterocycles. The lowest BCUT2D eigenvalue weighted by atomic mass is 9.93. The predicted molar refractivity (Wildman–Crippen MR) is 189 cm³/mol. The monoisotopic (exact) mass is 666 g/mol. The minimum atomic E-state index is -0.601. The Morgan fingerprint density at radius 2 is 1.02 bits per heavy atom. The molecule has 2 rings (SSSR count). The van der Waals surface area contributed by atoms with Crippen molar-refractivity contribution in [3.63, 3.8) is 0 Å². The maximum Gasteiger partial charge on any atom is 0.273 e. The average molecular weight is 667 g/mol. The van der Waals surface area contributed by atoms with E-state index >= 15 is 0 Å². The van der Waals surface area contributed by atoms with Gasteiger partial charge >= 0.3 is 0 Å². The fourth-order valence-electron chi connectivity index (χ4n) is 5.62. The van der Waals surface area contributed by atoms with Crippen molar-refractivity contribution in [3.8, 4) is 11.5 Å². The minimum Gasteiger partial charge on any atom is -0.507 e. The molecule has 2 aromatic carbocycles. The number of aryl methyl sites for hydroxylation is 2. The van der Waals surface area contributed by atoms with Crippen LogP contribution in [0.3, 0.4) is 0 Å². The zero-order valence-corrected chi connectivity index (χ0v) is 29.5. The fraction of sp³-hybridized carbons (Fsp3) is 0.579. The number of rotatable bonds is 21. The Balaban J connectivity index is 1.80. The van der Waals surface area contributed by atoms with Crippen molar-refractivity contribution in [2.24, 2.45) is 11.8 Å².